The summed E-state index contributed by atoms with van der Waals surface area (Å²) in [7, 11) is 0. The molecule has 0 spiro atoms. The van der Waals surface area contributed by atoms with Crippen molar-refractivity contribution in [1.82, 2.24) is 9.97 Å². The van der Waals surface area contributed by atoms with E-state index in [-0.39, 0.29) is 11.8 Å². The Morgan fingerprint density at radius 1 is 0.923 bits per heavy atom. The van der Waals surface area contributed by atoms with E-state index in [4.69, 9.17) is 0 Å². The molecule has 2 aliphatic rings. The average molecular weight is 429 g/mol. The van der Waals surface area contributed by atoms with Gasteiger partial charge in [0.25, 0.3) is 0 Å². The van der Waals surface area contributed by atoms with Crippen molar-refractivity contribution < 1.29 is 9.59 Å². The second kappa shape index (κ2) is 6.97. The quantitative estimate of drug-likeness (QED) is 0.619. The maximum Gasteiger partial charge on any atom is 0.230 e. The van der Waals surface area contributed by atoms with Crippen molar-refractivity contribution in [3.8, 4) is 11.1 Å². The molecule has 0 aliphatic carbocycles. The van der Waals surface area contributed by atoms with Gasteiger partial charge < -0.3 is 10.6 Å². The Morgan fingerprint density at radius 2 is 1.58 bits per heavy atom. The van der Waals surface area contributed by atoms with Crippen LogP contribution >= 0.6 is 27.3 Å². The highest BCUT2D eigenvalue weighted by molar-refractivity contribution is 9.10. The molecule has 0 saturated heterocycles. The normalized spacial score (nSPS) is 14.0. The van der Waals surface area contributed by atoms with Crippen LogP contribution in [0.3, 0.4) is 0 Å². The molecule has 3 aromatic rings. The van der Waals surface area contributed by atoms with Gasteiger partial charge in [-0.05, 0) is 50.5 Å². The molecular formula is C18H13BrN4O2S. The zero-order valence-corrected chi connectivity index (χ0v) is 15.9. The third-order valence-electron chi connectivity index (χ3n) is 3.97. The lowest BCUT2D eigenvalue weighted by Gasteiger charge is -2.00. The number of thiophene rings is 1. The second-order valence-corrected chi connectivity index (χ2v) is 7.55. The molecule has 0 fully saturated rings. The van der Waals surface area contributed by atoms with E-state index < -0.39 is 0 Å². The van der Waals surface area contributed by atoms with Crippen molar-refractivity contribution in [3.63, 3.8) is 0 Å². The first-order valence-corrected chi connectivity index (χ1v) is 9.58. The van der Waals surface area contributed by atoms with E-state index in [2.05, 4.69) is 48.0 Å². The van der Waals surface area contributed by atoms with Crippen LogP contribution in [0.15, 0.2) is 45.8 Å². The summed E-state index contributed by atoms with van der Waals surface area (Å²) in [6.07, 6.45) is 4.36. The number of halogens is 1. The number of anilines is 2. The number of carbonyl (C=O) groups excluding carboxylic acids is 2. The number of nitrogens with one attached hydrogen (secondary N) is 2. The Balaban J connectivity index is 0.000000136. The van der Waals surface area contributed by atoms with Crippen LogP contribution in [-0.2, 0) is 22.4 Å². The van der Waals surface area contributed by atoms with E-state index in [1.807, 2.05) is 17.5 Å². The second-order valence-electron chi connectivity index (χ2n) is 5.85. The van der Waals surface area contributed by atoms with Crippen LogP contribution < -0.4 is 10.6 Å². The Kier molecular flexibility index (Phi) is 4.52. The molecule has 2 N–H and O–H groups in total. The van der Waals surface area contributed by atoms with Gasteiger partial charge in [-0.15, -0.1) is 0 Å². The van der Waals surface area contributed by atoms with Crippen molar-refractivity contribution in [1.29, 1.82) is 0 Å². The molecule has 0 unspecified atom stereocenters. The summed E-state index contributed by atoms with van der Waals surface area (Å²) in [5, 5.41) is 9.49. The van der Waals surface area contributed by atoms with E-state index in [1.54, 1.807) is 23.7 Å². The van der Waals surface area contributed by atoms with Crippen LogP contribution in [0.5, 0.6) is 0 Å². The van der Waals surface area contributed by atoms with Gasteiger partial charge in [-0.25, -0.2) is 9.97 Å². The SMILES string of the molecule is O=C1Cc2cc(-c3ccsc3)cnc2N1.O=C1Cc2cc(Br)cnc2N1. The Morgan fingerprint density at radius 3 is 2.23 bits per heavy atom. The van der Waals surface area contributed by atoms with E-state index in [0.29, 0.717) is 24.5 Å². The molecule has 2 aliphatic heterocycles. The van der Waals surface area contributed by atoms with Crippen LogP contribution in [0.2, 0.25) is 0 Å². The highest BCUT2D eigenvalue weighted by Gasteiger charge is 2.19. The fourth-order valence-electron chi connectivity index (χ4n) is 2.77. The maximum atomic E-state index is 11.1. The first-order valence-electron chi connectivity index (χ1n) is 7.84. The number of hydrogen-bond acceptors (Lipinski definition) is 5. The molecule has 0 radical (unpaired) electrons. The molecule has 6 nitrogen and oxygen atoms in total. The molecule has 0 bridgehead atoms. The largest absolute Gasteiger partial charge is 0.310 e. The maximum absolute atomic E-state index is 11.1. The van der Waals surface area contributed by atoms with Crippen LogP contribution in [-0.4, -0.2) is 21.8 Å². The van der Waals surface area contributed by atoms with Crippen LogP contribution in [0, 0.1) is 0 Å². The van der Waals surface area contributed by atoms with Gasteiger partial charge in [0.2, 0.25) is 11.8 Å². The number of amides is 2. The lowest BCUT2D eigenvalue weighted by Crippen LogP contribution is -2.04. The molecule has 0 aromatic carbocycles. The third kappa shape index (κ3) is 3.51. The number of fused-ring (bicyclic) bond motifs is 2. The standard InChI is InChI=1S/C11H8N2OS.C7H5BrN2O/c14-10-4-8-3-9(5-12-11(8)13-10)7-1-2-15-6-7;8-5-1-4-2-6(11)10-7(4)9-3-5/h1-3,5-6H,4H2,(H,12,13,14);1,3H,2H2,(H,9,10,11). The highest BCUT2D eigenvalue weighted by atomic mass is 79.9. The molecule has 2 amide bonds. The summed E-state index contributed by atoms with van der Waals surface area (Å²) in [6.45, 7) is 0. The predicted octanol–water partition coefficient (Wildman–Crippen LogP) is 3.64. The summed E-state index contributed by atoms with van der Waals surface area (Å²) >= 11 is 4.94. The highest BCUT2D eigenvalue weighted by Crippen LogP contribution is 2.27. The van der Waals surface area contributed by atoms with Gasteiger partial charge in [-0.2, -0.15) is 11.3 Å². The monoisotopic (exact) mass is 428 g/mol. The predicted molar refractivity (Wildman–Crippen MR) is 104 cm³/mol. The number of carbonyl (C=O) groups is 2. The lowest BCUT2D eigenvalue weighted by molar-refractivity contribution is -0.115. The summed E-state index contributed by atoms with van der Waals surface area (Å²) in [6, 6.07) is 5.99. The number of nitrogens with zero attached hydrogens (tertiary/aromatic N) is 2. The number of hydrogen-bond donors (Lipinski definition) is 2. The fourth-order valence-corrected chi connectivity index (χ4v) is 3.81. The van der Waals surface area contributed by atoms with Crippen LogP contribution in [0.4, 0.5) is 11.6 Å². The van der Waals surface area contributed by atoms with Gasteiger partial charge in [0, 0.05) is 33.6 Å². The van der Waals surface area contributed by atoms with Crippen molar-refractivity contribution in [3.05, 3.63) is 57.0 Å². The van der Waals surface area contributed by atoms with Gasteiger partial charge in [-0.1, -0.05) is 0 Å². The Bertz CT molecular complexity index is 1000. The Labute approximate surface area is 161 Å². The number of aromatic nitrogens is 2. The van der Waals surface area contributed by atoms with Crippen molar-refractivity contribution >= 4 is 50.7 Å². The topological polar surface area (TPSA) is 84.0 Å². The molecule has 5 heterocycles. The first-order chi connectivity index (χ1) is 12.6. The van der Waals surface area contributed by atoms with E-state index in [1.165, 1.54) is 0 Å². The fraction of sp³-hybridized carbons (Fsp3) is 0.111. The zero-order chi connectivity index (χ0) is 18.1. The van der Waals surface area contributed by atoms with Crippen molar-refractivity contribution in [2.45, 2.75) is 12.8 Å². The molecule has 0 saturated carbocycles. The first kappa shape index (κ1) is 16.9. The minimum Gasteiger partial charge on any atom is -0.310 e. The Hall–Kier alpha value is -2.58. The lowest BCUT2D eigenvalue weighted by atomic mass is 10.1. The molecule has 5 rings (SSSR count). The van der Waals surface area contributed by atoms with Crippen LogP contribution in [0.25, 0.3) is 11.1 Å². The molecule has 8 heteroatoms. The van der Waals surface area contributed by atoms with E-state index >= 15 is 0 Å². The summed E-state index contributed by atoms with van der Waals surface area (Å²) in [5.74, 6) is 1.45. The number of rotatable bonds is 1. The van der Waals surface area contributed by atoms with Gasteiger partial charge in [0.1, 0.15) is 11.6 Å². The van der Waals surface area contributed by atoms with Gasteiger partial charge in [0.05, 0.1) is 12.8 Å². The summed E-state index contributed by atoms with van der Waals surface area (Å²) in [4.78, 5) is 30.3. The minimum absolute atomic E-state index is 0.0191. The summed E-state index contributed by atoms with van der Waals surface area (Å²) in [5.41, 5.74) is 4.19. The molecule has 0 atom stereocenters. The molecule has 26 heavy (non-hydrogen) atoms. The van der Waals surface area contributed by atoms with Crippen LogP contribution in [0.1, 0.15) is 11.1 Å². The van der Waals surface area contributed by atoms with E-state index in [0.717, 1.165) is 26.7 Å². The smallest absolute Gasteiger partial charge is 0.230 e. The van der Waals surface area contributed by atoms with Crippen molar-refractivity contribution in [2.75, 3.05) is 10.6 Å². The minimum atomic E-state index is 0.0191. The van der Waals surface area contributed by atoms with Gasteiger partial charge in [-0.3, -0.25) is 9.59 Å². The average Bonchev–Trinajstić information content (AvgIpc) is 3.32. The molecule has 130 valence electrons. The van der Waals surface area contributed by atoms with E-state index in [9.17, 15) is 9.59 Å². The number of pyridine rings is 2. The summed E-state index contributed by atoms with van der Waals surface area (Å²) < 4.78 is 0.910. The van der Waals surface area contributed by atoms with Gasteiger partial charge in [0.15, 0.2) is 0 Å². The molecule has 3 aromatic heterocycles. The molecular weight excluding hydrogens is 416 g/mol. The van der Waals surface area contributed by atoms with Crippen molar-refractivity contribution in [2.24, 2.45) is 0 Å². The third-order valence-corrected chi connectivity index (χ3v) is 5.09. The van der Waals surface area contributed by atoms with Gasteiger partial charge >= 0.3 is 0 Å². The zero-order valence-electron chi connectivity index (χ0n) is 13.5.